The van der Waals surface area contributed by atoms with E-state index in [0.717, 1.165) is 19.4 Å². The first kappa shape index (κ1) is 17.6. The van der Waals surface area contributed by atoms with E-state index in [1.54, 1.807) is 0 Å². The maximum absolute atomic E-state index is 6.15. The third-order valence-corrected chi connectivity index (χ3v) is 6.87. The fourth-order valence-corrected chi connectivity index (χ4v) is 4.83. The lowest BCUT2D eigenvalue weighted by molar-refractivity contribution is -0.158. The van der Waals surface area contributed by atoms with Crippen molar-refractivity contribution < 1.29 is 18.9 Å². The Balaban J connectivity index is 1.41. The quantitative estimate of drug-likeness (QED) is 0.306. The van der Waals surface area contributed by atoms with Gasteiger partial charge in [-0.2, -0.15) is 0 Å². The Bertz CT molecular complexity index is 454. The van der Waals surface area contributed by atoms with Crippen LogP contribution in [0.5, 0.6) is 0 Å². The molecule has 0 amide bonds. The lowest BCUT2D eigenvalue weighted by atomic mass is 9.93. The molecule has 132 valence electrons. The maximum atomic E-state index is 6.15. The van der Waals surface area contributed by atoms with E-state index in [2.05, 4.69) is 25.7 Å². The van der Waals surface area contributed by atoms with Crippen LogP contribution in [0.2, 0.25) is 25.7 Å². The third-order valence-electron chi connectivity index (χ3n) is 5.16. The van der Waals surface area contributed by atoms with Crippen molar-refractivity contribution in [1.29, 1.82) is 0 Å². The Morgan fingerprint density at radius 2 is 2.00 bits per heavy atom. The summed E-state index contributed by atoms with van der Waals surface area (Å²) in [4.78, 5) is 0. The average molecular weight is 341 g/mol. The number of fused-ring (bicyclic) bond motifs is 3. The van der Waals surface area contributed by atoms with Crippen LogP contribution in [-0.2, 0) is 18.9 Å². The second-order valence-corrected chi connectivity index (χ2v) is 14.5. The molecule has 2 aliphatic carbocycles. The van der Waals surface area contributed by atoms with Crippen LogP contribution < -0.4 is 0 Å². The van der Waals surface area contributed by atoms with Gasteiger partial charge in [0.1, 0.15) is 6.79 Å². The smallest absolute Gasteiger partial charge is 0.163 e. The summed E-state index contributed by atoms with van der Waals surface area (Å²) in [5.41, 5.74) is 1.39. The summed E-state index contributed by atoms with van der Waals surface area (Å²) in [7, 11) is -1.01. The Labute approximate surface area is 141 Å². The highest BCUT2D eigenvalue weighted by Gasteiger charge is 2.55. The summed E-state index contributed by atoms with van der Waals surface area (Å²) in [6, 6.07) is 1.19. The zero-order valence-corrected chi connectivity index (χ0v) is 16.3. The van der Waals surface area contributed by atoms with Gasteiger partial charge in [-0.15, -0.1) is 0 Å². The van der Waals surface area contributed by atoms with E-state index in [9.17, 15) is 0 Å². The highest BCUT2D eigenvalue weighted by molar-refractivity contribution is 6.76. The standard InChI is InChI=1S/C18H32O4Si/c1-18(2)21-15-10-13-6-7-14(16(13)17(15)22-18)11-20-12-19-8-9-23(3,4)5/h7,13,15-17H,6,8-12H2,1-5H3/t13-,15+,16+,17+/m0/s1. The molecule has 0 N–H and O–H groups in total. The SMILES string of the molecule is CC1(C)O[C@H]2[C@H]3C(COCOCC[Si](C)(C)C)=CC[C@H]3C[C@H]2O1. The molecule has 0 aromatic rings. The van der Waals surface area contributed by atoms with Crippen LogP contribution in [0.3, 0.4) is 0 Å². The second-order valence-electron chi connectivity index (χ2n) is 8.86. The molecule has 0 aromatic heterocycles. The molecular formula is C18H32O4Si. The van der Waals surface area contributed by atoms with Crippen LogP contribution in [0.25, 0.3) is 0 Å². The maximum Gasteiger partial charge on any atom is 0.163 e. The first-order valence-corrected chi connectivity index (χ1v) is 12.7. The van der Waals surface area contributed by atoms with Gasteiger partial charge in [0.15, 0.2) is 5.79 Å². The predicted octanol–water partition coefficient (Wildman–Crippen LogP) is 3.80. The van der Waals surface area contributed by atoms with Crippen molar-refractivity contribution in [2.24, 2.45) is 11.8 Å². The molecule has 0 aromatic carbocycles. The number of ether oxygens (including phenoxy) is 4. The van der Waals surface area contributed by atoms with Crippen molar-refractivity contribution in [1.82, 2.24) is 0 Å². The molecule has 1 aliphatic heterocycles. The van der Waals surface area contributed by atoms with Crippen molar-refractivity contribution in [3.8, 4) is 0 Å². The summed E-state index contributed by atoms with van der Waals surface area (Å²) in [6.07, 6.45) is 5.07. The molecule has 3 rings (SSSR count). The summed E-state index contributed by atoms with van der Waals surface area (Å²) in [5, 5.41) is 0. The lowest BCUT2D eigenvalue weighted by Crippen LogP contribution is -2.28. The molecule has 0 unspecified atom stereocenters. The molecule has 0 radical (unpaired) electrons. The topological polar surface area (TPSA) is 36.9 Å². The van der Waals surface area contributed by atoms with Gasteiger partial charge in [-0.1, -0.05) is 25.7 Å². The van der Waals surface area contributed by atoms with E-state index in [-0.39, 0.29) is 12.2 Å². The van der Waals surface area contributed by atoms with Crippen molar-refractivity contribution in [3.63, 3.8) is 0 Å². The van der Waals surface area contributed by atoms with Crippen molar-refractivity contribution >= 4 is 8.07 Å². The largest absolute Gasteiger partial charge is 0.356 e. The van der Waals surface area contributed by atoms with E-state index >= 15 is 0 Å². The van der Waals surface area contributed by atoms with Crippen LogP contribution in [0.1, 0.15) is 26.7 Å². The first-order valence-electron chi connectivity index (χ1n) is 8.95. The fraction of sp³-hybridized carbons (Fsp3) is 0.889. The van der Waals surface area contributed by atoms with Gasteiger partial charge in [-0.25, -0.2) is 0 Å². The van der Waals surface area contributed by atoms with Crippen molar-refractivity contribution in [2.45, 2.75) is 70.4 Å². The number of hydrogen-bond acceptors (Lipinski definition) is 4. The number of hydrogen-bond donors (Lipinski definition) is 0. The van der Waals surface area contributed by atoms with Gasteiger partial charge in [0.05, 0.1) is 18.8 Å². The summed E-state index contributed by atoms with van der Waals surface area (Å²) < 4.78 is 23.6. The zero-order chi connectivity index (χ0) is 16.7. The lowest BCUT2D eigenvalue weighted by Gasteiger charge is -2.24. The molecule has 1 saturated heterocycles. The summed E-state index contributed by atoms with van der Waals surface area (Å²) in [5.74, 6) is 0.714. The highest BCUT2D eigenvalue weighted by atomic mass is 28.3. The van der Waals surface area contributed by atoms with Gasteiger partial charge in [-0.3, -0.25) is 0 Å². The van der Waals surface area contributed by atoms with Gasteiger partial charge < -0.3 is 18.9 Å². The van der Waals surface area contributed by atoms with Crippen molar-refractivity contribution in [2.75, 3.05) is 20.0 Å². The minimum Gasteiger partial charge on any atom is -0.356 e. The first-order chi connectivity index (χ1) is 10.8. The van der Waals surface area contributed by atoms with Crippen LogP contribution in [0.15, 0.2) is 11.6 Å². The van der Waals surface area contributed by atoms with Crippen LogP contribution in [0, 0.1) is 11.8 Å². The number of rotatable bonds is 7. The Kier molecular flexibility index (Phi) is 5.05. The second kappa shape index (κ2) is 6.60. The minimum atomic E-state index is -1.01. The normalized spacial score (nSPS) is 35.3. The average Bonchev–Trinajstić information content (AvgIpc) is 3.01. The van der Waals surface area contributed by atoms with Crippen molar-refractivity contribution in [3.05, 3.63) is 11.6 Å². The highest BCUT2D eigenvalue weighted by Crippen LogP contribution is 2.51. The van der Waals surface area contributed by atoms with Gasteiger partial charge in [0.25, 0.3) is 0 Å². The summed E-state index contributed by atoms with van der Waals surface area (Å²) in [6.45, 7) is 13.0. The fourth-order valence-electron chi connectivity index (χ4n) is 4.07. The zero-order valence-electron chi connectivity index (χ0n) is 15.3. The molecule has 3 aliphatic rings. The predicted molar refractivity (Wildman–Crippen MR) is 93.0 cm³/mol. The molecule has 0 bridgehead atoms. The van der Waals surface area contributed by atoms with E-state index < -0.39 is 13.9 Å². The molecule has 5 heteroatoms. The Morgan fingerprint density at radius 3 is 2.74 bits per heavy atom. The van der Waals surface area contributed by atoms with Gasteiger partial charge >= 0.3 is 0 Å². The van der Waals surface area contributed by atoms with Crippen LogP contribution in [0.4, 0.5) is 0 Å². The van der Waals surface area contributed by atoms with E-state index in [1.807, 2.05) is 13.8 Å². The Morgan fingerprint density at radius 1 is 1.22 bits per heavy atom. The van der Waals surface area contributed by atoms with Gasteiger partial charge in [0.2, 0.25) is 0 Å². The molecular weight excluding hydrogens is 308 g/mol. The van der Waals surface area contributed by atoms with E-state index in [4.69, 9.17) is 18.9 Å². The molecule has 1 heterocycles. The molecule has 1 saturated carbocycles. The van der Waals surface area contributed by atoms with Crippen LogP contribution in [-0.4, -0.2) is 46.1 Å². The van der Waals surface area contributed by atoms with Crippen LogP contribution >= 0.6 is 0 Å². The minimum absolute atomic E-state index is 0.208. The van der Waals surface area contributed by atoms with Gasteiger partial charge in [0, 0.05) is 20.6 Å². The molecule has 4 atom stereocenters. The monoisotopic (exact) mass is 340 g/mol. The number of allylic oxidation sites excluding steroid dienone is 1. The third kappa shape index (κ3) is 4.26. The molecule has 4 nitrogen and oxygen atoms in total. The van der Waals surface area contributed by atoms with Gasteiger partial charge in [-0.05, 0) is 44.2 Å². The van der Waals surface area contributed by atoms with E-state index in [1.165, 1.54) is 11.6 Å². The summed E-state index contributed by atoms with van der Waals surface area (Å²) >= 11 is 0. The molecule has 23 heavy (non-hydrogen) atoms. The van der Waals surface area contributed by atoms with E-state index in [0.29, 0.717) is 25.2 Å². The molecule has 0 spiro atoms. The Hall–Kier alpha value is -0.203. The molecule has 2 fully saturated rings.